The molecule has 0 aliphatic rings. The number of rotatable bonds is 5. The molecule has 0 saturated carbocycles. The molecule has 1 heterocycles. The zero-order chi connectivity index (χ0) is 17.5. The first-order valence-electron chi connectivity index (χ1n) is 7.66. The summed E-state index contributed by atoms with van der Waals surface area (Å²) in [6, 6.07) is 7.57. The molecule has 1 aromatic carbocycles. The standard InChI is InChI=1S/C17H23N5OS.HI/c1-12-9-19-15(24-12)11-21-17(18-2)20-10-13-5-7-14(8-6-13)16(23)22(3)4;/h5-9H,10-11H2,1-4H3,(H2,18,20,21);1H. The number of guanidine groups is 1. The van der Waals surface area contributed by atoms with Gasteiger partial charge in [0, 0.05) is 44.3 Å². The van der Waals surface area contributed by atoms with Gasteiger partial charge in [-0.25, -0.2) is 4.98 Å². The molecule has 1 aromatic heterocycles. The van der Waals surface area contributed by atoms with Crippen LogP contribution in [-0.4, -0.2) is 42.9 Å². The van der Waals surface area contributed by atoms with E-state index in [1.807, 2.05) is 37.4 Å². The number of halogens is 1. The maximum Gasteiger partial charge on any atom is 0.253 e. The monoisotopic (exact) mass is 473 g/mol. The Morgan fingerprint density at radius 1 is 1.20 bits per heavy atom. The molecule has 8 heteroatoms. The van der Waals surface area contributed by atoms with Crippen molar-refractivity contribution in [1.29, 1.82) is 0 Å². The van der Waals surface area contributed by atoms with Crippen molar-refractivity contribution in [2.24, 2.45) is 4.99 Å². The highest BCUT2D eigenvalue weighted by molar-refractivity contribution is 14.0. The van der Waals surface area contributed by atoms with E-state index in [9.17, 15) is 4.79 Å². The summed E-state index contributed by atoms with van der Waals surface area (Å²) in [5, 5.41) is 7.52. The number of hydrogen-bond donors (Lipinski definition) is 2. The molecule has 0 fully saturated rings. The second-order valence-corrected chi connectivity index (χ2v) is 6.86. The molecule has 0 aliphatic heterocycles. The Morgan fingerprint density at radius 2 is 1.84 bits per heavy atom. The fraction of sp³-hybridized carbons (Fsp3) is 0.353. The zero-order valence-electron chi connectivity index (χ0n) is 14.9. The summed E-state index contributed by atoms with van der Waals surface area (Å²) in [6.45, 7) is 3.32. The second kappa shape index (κ2) is 10.3. The maximum absolute atomic E-state index is 11.9. The van der Waals surface area contributed by atoms with Crippen LogP contribution in [0.4, 0.5) is 0 Å². The van der Waals surface area contributed by atoms with Crippen LogP contribution >= 0.6 is 35.3 Å². The Balaban J connectivity index is 0.00000312. The largest absolute Gasteiger partial charge is 0.352 e. The van der Waals surface area contributed by atoms with Crippen LogP contribution in [0.15, 0.2) is 35.5 Å². The fourth-order valence-corrected chi connectivity index (χ4v) is 2.80. The molecule has 136 valence electrons. The van der Waals surface area contributed by atoms with Gasteiger partial charge in [0.25, 0.3) is 5.91 Å². The highest BCUT2D eigenvalue weighted by atomic mass is 127. The maximum atomic E-state index is 11.9. The SMILES string of the molecule is CN=C(NCc1ccc(C(=O)N(C)C)cc1)NCc1ncc(C)s1.I. The molecule has 0 radical (unpaired) electrons. The summed E-state index contributed by atoms with van der Waals surface area (Å²) < 4.78 is 0. The van der Waals surface area contributed by atoms with Crippen LogP contribution < -0.4 is 10.6 Å². The van der Waals surface area contributed by atoms with Crippen molar-refractivity contribution in [2.45, 2.75) is 20.0 Å². The summed E-state index contributed by atoms with van der Waals surface area (Å²) in [4.78, 5) is 23.2. The van der Waals surface area contributed by atoms with Crippen molar-refractivity contribution in [3.8, 4) is 0 Å². The van der Waals surface area contributed by atoms with E-state index in [1.54, 1.807) is 37.4 Å². The third-order valence-electron chi connectivity index (χ3n) is 3.37. The van der Waals surface area contributed by atoms with Crippen LogP contribution in [0.1, 0.15) is 25.8 Å². The lowest BCUT2D eigenvalue weighted by molar-refractivity contribution is 0.0827. The van der Waals surface area contributed by atoms with Crippen LogP contribution in [0, 0.1) is 6.92 Å². The first kappa shape index (κ1) is 21.4. The lowest BCUT2D eigenvalue weighted by Crippen LogP contribution is -2.36. The summed E-state index contributed by atoms with van der Waals surface area (Å²) in [6.07, 6.45) is 1.87. The van der Waals surface area contributed by atoms with Crippen molar-refractivity contribution in [2.75, 3.05) is 21.1 Å². The number of thiazole rings is 1. The van der Waals surface area contributed by atoms with E-state index in [0.717, 1.165) is 16.5 Å². The number of carbonyl (C=O) groups is 1. The third-order valence-corrected chi connectivity index (χ3v) is 4.28. The molecule has 2 N–H and O–H groups in total. The van der Waals surface area contributed by atoms with Crippen LogP contribution in [0.2, 0.25) is 0 Å². The number of aliphatic imine (C=N–C) groups is 1. The van der Waals surface area contributed by atoms with E-state index < -0.39 is 0 Å². The van der Waals surface area contributed by atoms with Gasteiger partial charge >= 0.3 is 0 Å². The molecule has 2 aromatic rings. The van der Waals surface area contributed by atoms with Crippen LogP contribution in [0.5, 0.6) is 0 Å². The number of aryl methyl sites for hydroxylation is 1. The van der Waals surface area contributed by atoms with Gasteiger partial charge in [-0.05, 0) is 24.6 Å². The number of aromatic nitrogens is 1. The van der Waals surface area contributed by atoms with Gasteiger partial charge in [0.1, 0.15) is 5.01 Å². The predicted octanol–water partition coefficient (Wildman–Crippen LogP) is 2.64. The van der Waals surface area contributed by atoms with Crippen LogP contribution in [0.3, 0.4) is 0 Å². The number of hydrogen-bond acceptors (Lipinski definition) is 4. The smallest absolute Gasteiger partial charge is 0.253 e. The Hall–Kier alpha value is -1.68. The molecule has 6 nitrogen and oxygen atoms in total. The Morgan fingerprint density at radius 3 is 2.36 bits per heavy atom. The van der Waals surface area contributed by atoms with Gasteiger partial charge < -0.3 is 15.5 Å². The van der Waals surface area contributed by atoms with Crippen LogP contribution in [-0.2, 0) is 13.1 Å². The van der Waals surface area contributed by atoms with Crippen molar-refractivity contribution in [3.05, 3.63) is 51.5 Å². The molecule has 2 rings (SSSR count). The number of benzene rings is 1. The summed E-state index contributed by atoms with van der Waals surface area (Å²) in [7, 11) is 5.23. The van der Waals surface area contributed by atoms with Gasteiger partial charge in [0.2, 0.25) is 0 Å². The molecule has 1 amide bonds. The number of carbonyl (C=O) groups excluding carboxylic acids is 1. The van der Waals surface area contributed by atoms with Gasteiger partial charge in [-0.2, -0.15) is 0 Å². The minimum Gasteiger partial charge on any atom is -0.352 e. The van der Waals surface area contributed by atoms with E-state index in [2.05, 4.69) is 20.6 Å². The minimum absolute atomic E-state index is 0. The molecule has 0 atom stereocenters. The number of nitrogens with one attached hydrogen (secondary N) is 2. The highest BCUT2D eigenvalue weighted by Crippen LogP contribution is 2.10. The molecule has 0 spiro atoms. The zero-order valence-corrected chi connectivity index (χ0v) is 18.0. The molecule has 0 bridgehead atoms. The minimum atomic E-state index is 0. The third kappa shape index (κ3) is 6.62. The summed E-state index contributed by atoms with van der Waals surface area (Å²) in [5.74, 6) is 0.724. The lowest BCUT2D eigenvalue weighted by Gasteiger charge is -2.12. The molecular formula is C17H24IN5OS. The topological polar surface area (TPSA) is 69.6 Å². The first-order valence-corrected chi connectivity index (χ1v) is 8.47. The molecule has 0 aliphatic carbocycles. The summed E-state index contributed by atoms with van der Waals surface area (Å²) in [5.41, 5.74) is 1.77. The molecule has 0 saturated heterocycles. The molecule has 0 unspecified atom stereocenters. The Bertz CT molecular complexity index is 712. The van der Waals surface area contributed by atoms with E-state index in [-0.39, 0.29) is 29.9 Å². The van der Waals surface area contributed by atoms with Crippen molar-refractivity contribution < 1.29 is 4.79 Å². The van der Waals surface area contributed by atoms with E-state index in [1.165, 1.54) is 4.88 Å². The van der Waals surface area contributed by atoms with Gasteiger partial charge in [0.05, 0.1) is 6.54 Å². The average molecular weight is 473 g/mol. The van der Waals surface area contributed by atoms with Gasteiger partial charge in [-0.15, -0.1) is 35.3 Å². The Labute approximate surface area is 169 Å². The van der Waals surface area contributed by atoms with E-state index >= 15 is 0 Å². The van der Waals surface area contributed by atoms with Crippen molar-refractivity contribution in [1.82, 2.24) is 20.5 Å². The van der Waals surface area contributed by atoms with Crippen molar-refractivity contribution >= 4 is 47.2 Å². The van der Waals surface area contributed by atoms with E-state index in [0.29, 0.717) is 18.7 Å². The lowest BCUT2D eigenvalue weighted by atomic mass is 10.1. The van der Waals surface area contributed by atoms with Crippen LogP contribution in [0.25, 0.3) is 0 Å². The fourth-order valence-electron chi connectivity index (χ4n) is 2.07. The molecule has 25 heavy (non-hydrogen) atoms. The van der Waals surface area contributed by atoms with E-state index in [4.69, 9.17) is 0 Å². The quantitative estimate of drug-likeness (QED) is 0.398. The Kier molecular flexibility index (Phi) is 8.84. The van der Waals surface area contributed by atoms with Gasteiger partial charge in [-0.3, -0.25) is 9.79 Å². The van der Waals surface area contributed by atoms with Crippen molar-refractivity contribution in [3.63, 3.8) is 0 Å². The normalized spacial score (nSPS) is 10.8. The number of nitrogens with zero attached hydrogens (tertiary/aromatic N) is 3. The predicted molar refractivity (Wildman–Crippen MR) is 114 cm³/mol. The van der Waals surface area contributed by atoms with Gasteiger partial charge in [0.15, 0.2) is 5.96 Å². The number of amides is 1. The summed E-state index contributed by atoms with van der Waals surface area (Å²) >= 11 is 1.67. The highest BCUT2D eigenvalue weighted by Gasteiger charge is 2.07. The second-order valence-electron chi connectivity index (χ2n) is 5.54. The first-order chi connectivity index (χ1) is 11.5. The average Bonchev–Trinajstić information content (AvgIpc) is 3.00. The molecular weight excluding hydrogens is 449 g/mol. The van der Waals surface area contributed by atoms with Gasteiger partial charge in [-0.1, -0.05) is 12.1 Å².